The standard InChI is InChI=1S/C14H17FN2S/c1-3-12(16)8-13-17-9(2)14(18-13)10-5-4-6-11(15)7-10/h4-7,12H,3,8,16H2,1-2H3. The van der Waals surface area contributed by atoms with Crippen molar-refractivity contribution in [1.82, 2.24) is 4.98 Å². The molecule has 0 bridgehead atoms. The minimum Gasteiger partial charge on any atom is -0.327 e. The molecule has 1 aromatic carbocycles. The first-order valence-corrected chi connectivity index (χ1v) is 6.89. The summed E-state index contributed by atoms with van der Waals surface area (Å²) in [5, 5.41) is 1.03. The van der Waals surface area contributed by atoms with E-state index in [-0.39, 0.29) is 11.9 Å². The SMILES string of the molecule is CCC(N)Cc1nc(C)c(-c2cccc(F)c2)s1. The maximum Gasteiger partial charge on any atom is 0.123 e. The van der Waals surface area contributed by atoms with Crippen LogP contribution in [0.15, 0.2) is 24.3 Å². The molecule has 18 heavy (non-hydrogen) atoms. The molecule has 0 aliphatic rings. The van der Waals surface area contributed by atoms with Gasteiger partial charge >= 0.3 is 0 Å². The average Bonchev–Trinajstić information content (AvgIpc) is 2.70. The van der Waals surface area contributed by atoms with Gasteiger partial charge in [-0.2, -0.15) is 0 Å². The summed E-state index contributed by atoms with van der Waals surface area (Å²) in [7, 11) is 0. The highest BCUT2D eigenvalue weighted by Gasteiger charge is 2.12. The number of hydrogen-bond acceptors (Lipinski definition) is 3. The van der Waals surface area contributed by atoms with Crippen molar-refractivity contribution in [1.29, 1.82) is 0 Å². The van der Waals surface area contributed by atoms with E-state index in [1.807, 2.05) is 13.0 Å². The zero-order valence-electron chi connectivity index (χ0n) is 10.6. The van der Waals surface area contributed by atoms with Gasteiger partial charge in [0.25, 0.3) is 0 Å². The van der Waals surface area contributed by atoms with E-state index in [0.29, 0.717) is 0 Å². The van der Waals surface area contributed by atoms with Crippen LogP contribution in [0.25, 0.3) is 10.4 Å². The van der Waals surface area contributed by atoms with Crippen LogP contribution in [0, 0.1) is 12.7 Å². The van der Waals surface area contributed by atoms with Crippen molar-refractivity contribution in [2.45, 2.75) is 32.7 Å². The molecule has 96 valence electrons. The zero-order chi connectivity index (χ0) is 13.1. The number of benzene rings is 1. The predicted molar refractivity (Wildman–Crippen MR) is 74.2 cm³/mol. The second-order valence-electron chi connectivity index (χ2n) is 4.40. The lowest BCUT2D eigenvalue weighted by Crippen LogP contribution is -2.21. The van der Waals surface area contributed by atoms with Crippen molar-refractivity contribution < 1.29 is 4.39 Å². The summed E-state index contributed by atoms with van der Waals surface area (Å²) in [5.74, 6) is -0.216. The van der Waals surface area contributed by atoms with Gasteiger partial charge in [0.1, 0.15) is 5.82 Å². The molecule has 0 fully saturated rings. The molecule has 0 spiro atoms. The van der Waals surface area contributed by atoms with E-state index in [4.69, 9.17) is 5.73 Å². The van der Waals surface area contributed by atoms with Crippen LogP contribution >= 0.6 is 11.3 Å². The van der Waals surface area contributed by atoms with Crippen LogP contribution in [0.5, 0.6) is 0 Å². The van der Waals surface area contributed by atoms with Gasteiger partial charge in [-0.3, -0.25) is 0 Å². The smallest absolute Gasteiger partial charge is 0.123 e. The fourth-order valence-electron chi connectivity index (χ4n) is 1.81. The normalized spacial score (nSPS) is 12.7. The molecule has 0 amide bonds. The van der Waals surface area contributed by atoms with Crippen molar-refractivity contribution in [3.05, 3.63) is 40.8 Å². The lowest BCUT2D eigenvalue weighted by molar-refractivity contribution is 0.628. The molecular weight excluding hydrogens is 247 g/mol. The molecule has 0 radical (unpaired) electrons. The van der Waals surface area contributed by atoms with E-state index in [1.54, 1.807) is 23.5 Å². The maximum absolute atomic E-state index is 13.2. The van der Waals surface area contributed by atoms with Crippen molar-refractivity contribution in [2.75, 3.05) is 0 Å². The first-order chi connectivity index (χ1) is 8.60. The maximum atomic E-state index is 13.2. The van der Waals surface area contributed by atoms with Gasteiger partial charge in [0.15, 0.2) is 0 Å². The molecule has 2 nitrogen and oxygen atoms in total. The molecular formula is C14H17FN2S. The monoisotopic (exact) mass is 264 g/mol. The number of rotatable bonds is 4. The third-order valence-corrected chi connectivity index (χ3v) is 4.12. The van der Waals surface area contributed by atoms with Crippen LogP contribution in [0.1, 0.15) is 24.0 Å². The number of nitrogens with two attached hydrogens (primary N) is 1. The second kappa shape index (κ2) is 5.59. The quantitative estimate of drug-likeness (QED) is 0.917. The fraction of sp³-hybridized carbons (Fsp3) is 0.357. The van der Waals surface area contributed by atoms with Crippen LogP contribution in [-0.4, -0.2) is 11.0 Å². The van der Waals surface area contributed by atoms with Gasteiger partial charge < -0.3 is 5.73 Å². The highest BCUT2D eigenvalue weighted by molar-refractivity contribution is 7.15. The third kappa shape index (κ3) is 2.94. The zero-order valence-corrected chi connectivity index (χ0v) is 11.4. The summed E-state index contributed by atoms with van der Waals surface area (Å²) in [5.41, 5.74) is 7.77. The Morgan fingerprint density at radius 3 is 2.89 bits per heavy atom. The summed E-state index contributed by atoms with van der Waals surface area (Å²) in [4.78, 5) is 5.56. The summed E-state index contributed by atoms with van der Waals surface area (Å²) >= 11 is 1.61. The van der Waals surface area contributed by atoms with Crippen LogP contribution in [-0.2, 0) is 6.42 Å². The number of aromatic nitrogens is 1. The molecule has 0 aliphatic carbocycles. The van der Waals surface area contributed by atoms with Gasteiger partial charge in [-0.1, -0.05) is 19.1 Å². The van der Waals surface area contributed by atoms with E-state index in [0.717, 1.165) is 34.0 Å². The molecule has 0 saturated carbocycles. The molecule has 1 unspecified atom stereocenters. The molecule has 0 aliphatic heterocycles. The highest BCUT2D eigenvalue weighted by Crippen LogP contribution is 2.30. The van der Waals surface area contributed by atoms with Crippen LogP contribution < -0.4 is 5.73 Å². The van der Waals surface area contributed by atoms with Crippen LogP contribution in [0.2, 0.25) is 0 Å². The number of nitrogens with zero attached hydrogens (tertiary/aromatic N) is 1. The summed E-state index contributed by atoms with van der Waals surface area (Å²) in [6.07, 6.45) is 1.73. The number of aryl methyl sites for hydroxylation is 1. The van der Waals surface area contributed by atoms with E-state index < -0.39 is 0 Å². The third-order valence-electron chi connectivity index (χ3n) is 2.89. The molecule has 4 heteroatoms. The van der Waals surface area contributed by atoms with Gasteiger partial charge in [0.05, 0.1) is 15.6 Å². The molecule has 0 saturated heterocycles. The van der Waals surface area contributed by atoms with Crippen molar-refractivity contribution in [2.24, 2.45) is 5.73 Å². The number of halogens is 1. The summed E-state index contributed by atoms with van der Waals surface area (Å²) in [6, 6.07) is 6.78. The van der Waals surface area contributed by atoms with Gasteiger partial charge in [-0.15, -0.1) is 11.3 Å². The van der Waals surface area contributed by atoms with Gasteiger partial charge in [-0.25, -0.2) is 9.37 Å². The van der Waals surface area contributed by atoms with E-state index >= 15 is 0 Å². The van der Waals surface area contributed by atoms with E-state index in [2.05, 4.69) is 11.9 Å². The van der Waals surface area contributed by atoms with Crippen LogP contribution in [0.3, 0.4) is 0 Å². The fourth-order valence-corrected chi connectivity index (χ4v) is 2.96. The largest absolute Gasteiger partial charge is 0.327 e. The Morgan fingerprint density at radius 1 is 1.44 bits per heavy atom. The minimum absolute atomic E-state index is 0.149. The second-order valence-corrected chi connectivity index (χ2v) is 5.49. The van der Waals surface area contributed by atoms with Crippen molar-refractivity contribution in [3.8, 4) is 10.4 Å². The Balaban J connectivity index is 2.29. The van der Waals surface area contributed by atoms with Gasteiger partial charge in [0.2, 0.25) is 0 Å². The van der Waals surface area contributed by atoms with E-state index in [9.17, 15) is 4.39 Å². The van der Waals surface area contributed by atoms with Crippen LogP contribution in [0.4, 0.5) is 4.39 Å². The lowest BCUT2D eigenvalue weighted by atomic mass is 10.1. The molecule has 2 aromatic rings. The lowest BCUT2D eigenvalue weighted by Gasteiger charge is -2.04. The van der Waals surface area contributed by atoms with Gasteiger partial charge in [-0.05, 0) is 31.0 Å². The average molecular weight is 264 g/mol. The molecule has 2 rings (SSSR count). The van der Waals surface area contributed by atoms with Crippen molar-refractivity contribution >= 4 is 11.3 Å². The summed E-state index contributed by atoms with van der Waals surface area (Å²) in [6.45, 7) is 4.02. The van der Waals surface area contributed by atoms with Crippen molar-refractivity contribution in [3.63, 3.8) is 0 Å². The molecule has 2 N–H and O–H groups in total. The minimum atomic E-state index is -0.216. The Morgan fingerprint density at radius 2 is 2.22 bits per heavy atom. The molecule has 1 atom stereocenters. The Bertz CT molecular complexity index is 536. The topological polar surface area (TPSA) is 38.9 Å². The highest BCUT2D eigenvalue weighted by atomic mass is 32.1. The first-order valence-electron chi connectivity index (χ1n) is 6.08. The molecule has 1 heterocycles. The first kappa shape index (κ1) is 13.2. The van der Waals surface area contributed by atoms with Gasteiger partial charge in [0, 0.05) is 12.5 Å². The van der Waals surface area contributed by atoms with E-state index in [1.165, 1.54) is 6.07 Å². The summed E-state index contributed by atoms with van der Waals surface area (Å²) < 4.78 is 13.2. The molecule has 1 aromatic heterocycles. The Kier molecular flexibility index (Phi) is 4.09. The Hall–Kier alpha value is -1.26. The number of thiazole rings is 1. The Labute approximate surface area is 111 Å². The predicted octanol–water partition coefficient (Wildman–Crippen LogP) is 3.54. The number of hydrogen-bond donors (Lipinski definition) is 1.